The molecule has 0 amide bonds. The quantitative estimate of drug-likeness (QED) is 0.298. The second kappa shape index (κ2) is 14.7. The van der Waals surface area contributed by atoms with Crippen LogP contribution in [0.1, 0.15) is 66.2 Å². The highest BCUT2D eigenvalue weighted by molar-refractivity contribution is 5.85. The molecule has 6 unspecified atom stereocenters. The third kappa shape index (κ3) is 9.32. The summed E-state index contributed by atoms with van der Waals surface area (Å²) in [6.45, 7) is 7.36. The molecule has 0 aliphatic carbocycles. The van der Waals surface area contributed by atoms with Crippen LogP contribution in [-0.2, 0) is 19.1 Å². The molecule has 0 aromatic rings. The summed E-state index contributed by atoms with van der Waals surface area (Å²) < 4.78 is 10.4. The zero-order valence-electron chi connectivity index (χ0n) is 17.5. The highest BCUT2D eigenvalue weighted by Crippen LogP contribution is 2.18. The molecular formula is C20H38O8. The number of hydrogen-bond acceptors (Lipinski definition) is 8. The van der Waals surface area contributed by atoms with Gasteiger partial charge in [0.15, 0.2) is 12.2 Å². The molecule has 0 aromatic carbocycles. The fraction of sp³-hybridized carbons (Fsp3) is 0.900. The summed E-state index contributed by atoms with van der Waals surface area (Å²) in [7, 11) is 0. The first-order valence-electron chi connectivity index (χ1n) is 10.3. The Hall–Kier alpha value is -1.22. The van der Waals surface area contributed by atoms with Crippen LogP contribution in [0.25, 0.3) is 0 Å². The monoisotopic (exact) mass is 406 g/mol. The van der Waals surface area contributed by atoms with E-state index in [1.54, 1.807) is 13.8 Å². The fourth-order valence-corrected chi connectivity index (χ4v) is 2.81. The van der Waals surface area contributed by atoms with Crippen LogP contribution in [0.4, 0.5) is 0 Å². The number of esters is 2. The Kier molecular flexibility index (Phi) is 14.1. The van der Waals surface area contributed by atoms with Crippen molar-refractivity contribution in [1.82, 2.24) is 0 Å². The average Bonchev–Trinajstić information content (AvgIpc) is 2.72. The molecule has 8 heteroatoms. The summed E-state index contributed by atoms with van der Waals surface area (Å²) in [6, 6.07) is 0. The molecular weight excluding hydrogens is 368 g/mol. The van der Waals surface area contributed by atoms with Gasteiger partial charge < -0.3 is 29.9 Å². The zero-order valence-corrected chi connectivity index (χ0v) is 17.5. The number of carbonyl (C=O) groups is 2. The molecule has 0 aromatic heterocycles. The molecule has 28 heavy (non-hydrogen) atoms. The van der Waals surface area contributed by atoms with Crippen LogP contribution in [0.3, 0.4) is 0 Å². The van der Waals surface area contributed by atoms with Crippen molar-refractivity contribution in [2.45, 2.75) is 90.6 Å². The lowest BCUT2D eigenvalue weighted by Crippen LogP contribution is -2.44. The minimum Gasteiger partial charge on any atom is -0.460 e. The van der Waals surface area contributed by atoms with Crippen molar-refractivity contribution >= 4 is 11.9 Å². The summed E-state index contributed by atoms with van der Waals surface area (Å²) in [4.78, 5) is 24.2. The molecule has 0 aliphatic heterocycles. The van der Waals surface area contributed by atoms with Gasteiger partial charge in [0.1, 0.15) is 12.2 Å². The molecule has 0 spiro atoms. The maximum absolute atomic E-state index is 12.1. The minimum atomic E-state index is -2.05. The van der Waals surface area contributed by atoms with E-state index in [0.717, 1.165) is 0 Å². The highest BCUT2D eigenvalue weighted by Gasteiger charge is 2.35. The van der Waals surface area contributed by atoms with Gasteiger partial charge in [-0.1, -0.05) is 40.5 Å². The summed E-state index contributed by atoms with van der Waals surface area (Å²) in [5.41, 5.74) is 0. The van der Waals surface area contributed by atoms with Crippen molar-refractivity contribution in [2.75, 3.05) is 13.2 Å². The van der Waals surface area contributed by atoms with Crippen LogP contribution < -0.4 is 0 Å². The molecule has 0 radical (unpaired) electrons. The molecule has 0 bridgehead atoms. The van der Waals surface area contributed by atoms with E-state index in [1.807, 2.05) is 13.8 Å². The van der Waals surface area contributed by atoms with E-state index < -0.39 is 36.4 Å². The molecule has 0 aliphatic rings. The predicted molar refractivity (Wildman–Crippen MR) is 103 cm³/mol. The van der Waals surface area contributed by atoms with E-state index in [4.69, 9.17) is 9.47 Å². The van der Waals surface area contributed by atoms with Gasteiger partial charge in [-0.3, -0.25) is 0 Å². The van der Waals surface area contributed by atoms with E-state index in [-0.39, 0.29) is 25.0 Å². The molecule has 4 N–H and O–H groups in total. The standard InChI is InChI=1S/C20H38O8/c1-5-13(11-21)9-15(7-3)27-19(25)17(23)18(24)20(26)28-16(8-4)10-14(6-2)12-22/h13-18,21-24H,5-12H2,1-4H3. The van der Waals surface area contributed by atoms with Crippen LogP contribution in [-0.4, -0.2) is 70.0 Å². The first-order valence-corrected chi connectivity index (χ1v) is 10.3. The number of aliphatic hydroxyl groups is 4. The molecule has 0 heterocycles. The minimum absolute atomic E-state index is 0.0341. The second-order valence-electron chi connectivity index (χ2n) is 7.21. The molecule has 0 saturated heterocycles. The number of hydrogen-bond donors (Lipinski definition) is 4. The van der Waals surface area contributed by atoms with Gasteiger partial charge in [0, 0.05) is 13.2 Å². The number of aliphatic hydroxyl groups excluding tert-OH is 4. The maximum Gasteiger partial charge on any atom is 0.338 e. The SMILES string of the molecule is CCC(CO)CC(CC)OC(=O)C(O)C(O)C(=O)OC(CC)CC(CC)CO. The van der Waals surface area contributed by atoms with Crippen molar-refractivity contribution in [2.24, 2.45) is 11.8 Å². The topological polar surface area (TPSA) is 134 Å². The Morgan fingerprint density at radius 2 is 1.00 bits per heavy atom. The Bertz CT molecular complexity index is 394. The van der Waals surface area contributed by atoms with Gasteiger partial charge in [0.05, 0.1) is 0 Å². The lowest BCUT2D eigenvalue weighted by atomic mass is 9.98. The van der Waals surface area contributed by atoms with Gasteiger partial charge in [0.2, 0.25) is 0 Å². The van der Waals surface area contributed by atoms with Crippen molar-refractivity contribution in [1.29, 1.82) is 0 Å². The fourth-order valence-electron chi connectivity index (χ4n) is 2.81. The van der Waals surface area contributed by atoms with E-state index in [0.29, 0.717) is 38.5 Å². The zero-order chi connectivity index (χ0) is 21.7. The molecule has 8 nitrogen and oxygen atoms in total. The van der Waals surface area contributed by atoms with Crippen molar-refractivity contribution in [3.63, 3.8) is 0 Å². The van der Waals surface area contributed by atoms with E-state index in [9.17, 15) is 30.0 Å². The van der Waals surface area contributed by atoms with Gasteiger partial charge in [0.25, 0.3) is 0 Å². The third-order valence-electron chi connectivity index (χ3n) is 5.12. The molecule has 0 fully saturated rings. The first kappa shape index (κ1) is 26.8. The van der Waals surface area contributed by atoms with Crippen LogP contribution in [0.2, 0.25) is 0 Å². The van der Waals surface area contributed by atoms with E-state index in [2.05, 4.69) is 0 Å². The Morgan fingerprint density at radius 3 is 1.21 bits per heavy atom. The first-order chi connectivity index (χ1) is 13.3. The largest absolute Gasteiger partial charge is 0.460 e. The molecule has 166 valence electrons. The van der Waals surface area contributed by atoms with Gasteiger partial charge in [-0.2, -0.15) is 0 Å². The van der Waals surface area contributed by atoms with Gasteiger partial charge >= 0.3 is 11.9 Å². The number of carbonyl (C=O) groups excluding carboxylic acids is 2. The van der Waals surface area contributed by atoms with Gasteiger partial charge in [-0.15, -0.1) is 0 Å². The lowest BCUT2D eigenvalue weighted by Gasteiger charge is -2.25. The summed E-state index contributed by atoms with van der Waals surface area (Å²) in [6.07, 6.45) is -1.90. The van der Waals surface area contributed by atoms with E-state index >= 15 is 0 Å². The maximum atomic E-state index is 12.1. The van der Waals surface area contributed by atoms with E-state index in [1.165, 1.54) is 0 Å². The third-order valence-corrected chi connectivity index (χ3v) is 5.12. The van der Waals surface area contributed by atoms with Crippen LogP contribution in [0.15, 0.2) is 0 Å². The van der Waals surface area contributed by atoms with Crippen LogP contribution in [0.5, 0.6) is 0 Å². The predicted octanol–water partition coefficient (Wildman–Crippen LogP) is 1.17. The summed E-state index contributed by atoms with van der Waals surface area (Å²) in [5, 5.41) is 38.5. The Labute approximate surface area is 167 Å². The highest BCUT2D eigenvalue weighted by atomic mass is 16.6. The number of rotatable bonds is 15. The van der Waals surface area contributed by atoms with Crippen molar-refractivity contribution < 1.29 is 39.5 Å². The van der Waals surface area contributed by atoms with Crippen molar-refractivity contribution in [3.05, 3.63) is 0 Å². The molecule has 0 rings (SSSR count). The van der Waals surface area contributed by atoms with Crippen LogP contribution in [0, 0.1) is 11.8 Å². The Balaban J connectivity index is 4.76. The smallest absolute Gasteiger partial charge is 0.338 e. The van der Waals surface area contributed by atoms with Crippen LogP contribution >= 0.6 is 0 Å². The number of ether oxygens (including phenoxy) is 2. The normalized spacial score (nSPS) is 17.9. The summed E-state index contributed by atoms with van der Waals surface area (Å²) in [5.74, 6) is -2.26. The van der Waals surface area contributed by atoms with Crippen molar-refractivity contribution in [3.8, 4) is 0 Å². The second-order valence-corrected chi connectivity index (χ2v) is 7.21. The van der Waals surface area contributed by atoms with Gasteiger partial charge in [-0.25, -0.2) is 9.59 Å². The summed E-state index contributed by atoms with van der Waals surface area (Å²) >= 11 is 0. The van der Waals surface area contributed by atoms with Gasteiger partial charge in [-0.05, 0) is 37.5 Å². The molecule has 6 atom stereocenters. The average molecular weight is 407 g/mol. The Morgan fingerprint density at radius 1 is 0.679 bits per heavy atom. The lowest BCUT2D eigenvalue weighted by molar-refractivity contribution is -0.180. The molecule has 0 saturated carbocycles.